The van der Waals surface area contributed by atoms with E-state index >= 15 is 0 Å². The zero-order valence-electron chi connectivity index (χ0n) is 12.1. The molecule has 110 valence electrons. The summed E-state index contributed by atoms with van der Waals surface area (Å²) in [5, 5.41) is 3.24. The van der Waals surface area contributed by atoms with Gasteiger partial charge in [0.2, 0.25) is 11.8 Å². The summed E-state index contributed by atoms with van der Waals surface area (Å²) in [4.78, 5) is 25.6. The summed E-state index contributed by atoms with van der Waals surface area (Å²) in [5.41, 5.74) is 0.953. The van der Waals surface area contributed by atoms with Crippen LogP contribution >= 0.6 is 11.6 Å². The van der Waals surface area contributed by atoms with E-state index < -0.39 is 6.04 Å². The van der Waals surface area contributed by atoms with Crippen molar-refractivity contribution >= 4 is 23.4 Å². The van der Waals surface area contributed by atoms with Crippen LogP contribution in [0.15, 0.2) is 24.3 Å². The van der Waals surface area contributed by atoms with Gasteiger partial charge in [0, 0.05) is 25.0 Å². The lowest BCUT2D eigenvalue weighted by atomic mass is 10.1. The molecule has 1 aromatic rings. The fourth-order valence-corrected chi connectivity index (χ4v) is 2.06. The smallest absolute Gasteiger partial charge is 0.242 e. The highest BCUT2D eigenvalue weighted by Crippen LogP contribution is 2.14. The van der Waals surface area contributed by atoms with E-state index in [0.29, 0.717) is 18.0 Å². The summed E-state index contributed by atoms with van der Waals surface area (Å²) >= 11 is 5.85. The van der Waals surface area contributed by atoms with Gasteiger partial charge in [-0.15, -0.1) is 0 Å². The lowest BCUT2D eigenvalue weighted by molar-refractivity contribution is -0.140. The van der Waals surface area contributed by atoms with E-state index in [4.69, 9.17) is 11.6 Å². The monoisotopic (exact) mass is 296 g/mol. The lowest BCUT2D eigenvalue weighted by Crippen LogP contribution is -2.46. The fraction of sp³-hybridized carbons (Fsp3) is 0.467. The lowest BCUT2D eigenvalue weighted by Gasteiger charge is -2.28. The molecule has 0 aliphatic carbocycles. The summed E-state index contributed by atoms with van der Waals surface area (Å²) < 4.78 is 0. The summed E-state index contributed by atoms with van der Waals surface area (Å²) in [6.45, 7) is 4.09. The van der Waals surface area contributed by atoms with Crippen LogP contribution in [0.2, 0.25) is 5.02 Å². The van der Waals surface area contributed by atoms with Crippen LogP contribution in [0.3, 0.4) is 0 Å². The van der Waals surface area contributed by atoms with Crippen LogP contribution in [0.1, 0.15) is 32.3 Å². The van der Waals surface area contributed by atoms with Crippen LogP contribution in [0.4, 0.5) is 0 Å². The Balaban J connectivity index is 2.89. The molecule has 1 aromatic carbocycles. The number of rotatable bonds is 6. The highest BCUT2D eigenvalue weighted by atomic mass is 35.5. The molecule has 5 heteroatoms. The maximum atomic E-state index is 12.2. The van der Waals surface area contributed by atoms with Crippen LogP contribution in [0.5, 0.6) is 0 Å². The molecule has 20 heavy (non-hydrogen) atoms. The van der Waals surface area contributed by atoms with E-state index in [1.807, 2.05) is 19.1 Å². The van der Waals surface area contributed by atoms with E-state index in [1.54, 1.807) is 31.0 Å². The molecule has 1 rings (SSSR count). The predicted molar refractivity (Wildman–Crippen MR) is 80.4 cm³/mol. The van der Waals surface area contributed by atoms with Gasteiger partial charge < -0.3 is 10.2 Å². The maximum Gasteiger partial charge on any atom is 0.242 e. The summed E-state index contributed by atoms with van der Waals surface area (Å²) in [6.07, 6.45) is 1.20. The fourth-order valence-electron chi connectivity index (χ4n) is 1.94. The Bertz CT molecular complexity index is 459. The Morgan fingerprint density at radius 2 is 1.90 bits per heavy atom. The van der Waals surface area contributed by atoms with E-state index in [2.05, 4.69) is 5.32 Å². The van der Waals surface area contributed by atoms with Crippen molar-refractivity contribution in [2.75, 3.05) is 7.05 Å². The third kappa shape index (κ3) is 4.53. The molecule has 0 heterocycles. The second-order valence-electron chi connectivity index (χ2n) is 4.69. The Labute approximate surface area is 125 Å². The van der Waals surface area contributed by atoms with Crippen LogP contribution in [0.25, 0.3) is 0 Å². The van der Waals surface area contributed by atoms with E-state index in [9.17, 15) is 9.59 Å². The minimum absolute atomic E-state index is 0.0152. The minimum Gasteiger partial charge on any atom is -0.357 e. The summed E-state index contributed by atoms with van der Waals surface area (Å²) in [5.74, 6) is -0.179. The Morgan fingerprint density at radius 1 is 1.30 bits per heavy atom. The van der Waals surface area contributed by atoms with Crippen molar-refractivity contribution in [3.63, 3.8) is 0 Å². The van der Waals surface area contributed by atoms with E-state index in [-0.39, 0.29) is 11.8 Å². The van der Waals surface area contributed by atoms with Gasteiger partial charge in [0.25, 0.3) is 0 Å². The minimum atomic E-state index is -0.491. The van der Waals surface area contributed by atoms with Crippen LogP contribution < -0.4 is 5.32 Å². The van der Waals surface area contributed by atoms with Crippen molar-refractivity contribution < 1.29 is 9.59 Å². The highest BCUT2D eigenvalue weighted by Gasteiger charge is 2.24. The normalized spacial score (nSPS) is 11.8. The van der Waals surface area contributed by atoms with Gasteiger partial charge in [-0.25, -0.2) is 0 Å². The zero-order valence-corrected chi connectivity index (χ0v) is 12.9. The van der Waals surface area contributed by atoms with E-state index in [0.717, 1.165) is 12.0 Å². The van der Waals surface area contributed by atoms with Gasteiger partial charge in [-0.1, -0.05) is 30.7 Å². The van der Waals surface area contributed by atoms with Crippen molar-refractivity contribution in [1.82, 2.24) is 10.2 Å². The molecule has 0 spiro atoms. The van der Waals surface area contributed by atoms with Crippen LogP contribution in [0, 0.1) is 0 Å². The van der Waals surface area contributed by atoms with Crippen molar-refractivity contribution in [2.24, 2.45) is 0 Å². The Morgan fingerprint density at radius 3 is 2.40 bits per heavy atom. The molecule has 1 atom stereocenters. The molecule has 2 amide bonds. The number of benzene rings is 1. The molecule has 0 aliphatic heterocycles. The number of nitrogens with zero attached hydrogens (tertiary/aromatic N) is 1. The standard InChI is InChI=1S/C15H21ClN2O2/c1-4-5-14(19)18(11(2)15(20)17-3)10-12-6-8-13(16)9-7-12/h6-9,11H,4-5,10H2,1-3H3,(H,17,20)/t11-/m0/s1. The molecule has 0 saturated heterocycles. The van der Waals surface area contributed by atoms with E-state index in [1.165, 1.54) is 0 Å². The third-order valence-electron chi connectivity index (χ3n) is 3.14. The first-order chi connectivity index (χ1) is 9.49. The molecule has 0 aliphatic rings. The average Bonchev–Trinajstić information content (AvgIpc) is 2.45. The number of amides is 2. The first-order valence-corrected chi connectivity index (χ1v) is 7.12. The number of nitrogens with one attached hydrogen (secondary N) is 1. The molecule has 0 bridgehead atoms. The van der Waals surface area contributed by atoms with Crippen molar-refractivity contribution in [1.29, 1.82) is 0 Å². The molecule has 1 N–H and O–H groups in total. The van der Waals surface area contributed by atoms with Gasteiger partial charge in [0.05, 0.1) is 0 Å². The number of carbonyl (C=O) groups excluding carboxylic acids is 2. The van der Waals surface area contributed by atoms with Crippen molar-refractivity contribution in [2.45, 2.75) is 39.3 Å². The second-order valence-corrected chi connectivity index (χ2v) is 5.12. The molecule has 0 aromatic heterocycles. The van der Waals surface area contributed by atoms with Gasteiger partial charge in [-0.05, 0) is 31.0 Å². The first-order valence-electron chi connectivity index (χ1n) is 6.75. The van der Waals surface area contributed by atoms with Crippen LogP contribution in [-0.2, 0) is 16.1 Å². The number of halogens is 1. The average molecular weight is 297 g/mol. The quantitative estimate of drug-likeness (QED) is 0.877. The van der Waals surface area contributed by atoms with Crippen LogP contribution in [-0.4, -0.2) is 29.8 Å². The zero-order chi connectivity index (χ0) is 15.1. The van der Waals surface area contributed by atoms with Crippen molar-refractivity contribution in [3.05, 3.63) is 34.9 Å². The topological polar surface area (TPSA) is 49.4 Å². The van der Waals surface area contributed by atoms with Crippen molar-refractivity contribution in [3.8, 4) is 0 Å². The van der Waals surface area contributed by atoms with Gasteiger partial charge in [0.1, 0.15) is 6.04 Å². The SMILES string of the molecule is CCCC(=O)N(Cc1ccc(Cl)cc1)[C@@H](C)C(=O)NC. The summed E-state index contributed by atoms with van der Waals surface area (Å²) in [7, 11) is 1.57. The second kappa shape index (κ2) is 7.90. The van der Waals surface area contributed by atoms with Gasteiger partial charge in [-0.3, -0.25) is 9.59 Å². The Hall–Kier alpha value is -1.55. The third-order valence-corrected chi connectivity index (χ3v) is 3.40. The molecule has 0 saturated carbocycles. The van der Waals surface area contributed by atoms with Gasteiger partial charge in [0.15, 0.2) is 0 Å². The van der Waals surface area contributed by atoms with Gasteiger partial charge >= 0.3 is 0 Å². The largest absolute Gasteiger partial charge is 0.357 e. The summed E-state index contributed by atoms with van der Waals surface area (Å²) in [6, 6.07) is 6.80. The number of hydrogen-bond acceptors (Lipinski definition) is 2. The first kappa shape index (κ1) is 16.5. The molecule has 0 fully saturated rings. The Kier molecular flexibility index (Phi) is 6.52. The number of likely N-dealkylation sites (N-methyl/N-ethyl adjacent to an activating group) is 1. The molecule has 0 radical (unpaired) electrons. The predicted octanol–water partition coefficient (Wildman–Crippen LogP) is 2.60. The highest BCUT2D eigenvalue weighted by molar-refractivity contribution is 6.30. The molecule has 4 nitrogen and oxygen atoms in total. The number of carbonyl (C=O) groups is 2. The number of hydrogen-bond donors (Lipinski definition) is 1. The van der Waals surface area contributed by atoms with Gasteiger partial charge in [-0.2, -0.15) is 0 Å². The molecular formula is C15H21ClN2O2. The molecular weight excluding hydrogens is 276 g/mol. The maximum absolute atomic E-state index is 12.2. The molecule has 0 unspecified atom stereocenters.